The minimum absolute atomic E-state index is 0.103. The lowest BCUT2D eigenvalue weighted by Crippen LogP contribution is -2.35. The Labute approximate surface area is 155 Å². The minimum Gasteiger partial charge on any atom is -0.286 e. The summed E-state index contributed by atoms with van der Waals surface area (Å²) in [6, 6.07) is 10.7. The molecule has 3 aromatic rings. The SMILES string of the molecule is O=C(n1ccc2ccc(-c3ccccc3C(F)(F)F)cc21)C1(C(F)(F)F)CC1. The average Bonchev–Trinajstić information content (AvgIpc) is 3.35. The first kappa shape index (κ1) is 18.6. The Morgan fingerprint density at radius 3 is 2.21 bits per heavy atom. The van der Waals surface area contributed by atoms with Crippen LogP contribution in [0.4, 0.5) is 26.3 Å². The van der Waals surface area contributed by atoms with Crippen molar-refractivity contribution < 1.29 is 31.1 Å². The summed E-state index contributed by atoms with van der Waals surface area (Å²) in [5.41, 5.74) is -3.04. The normalized spacial score (nSPS) is 16.4. The molecule has 0 spiro atoms. The number of fused-ring (bicyclic) bond motifs is 1. The van der Waals surface area contributed by atoms with Gasteiger partial charge in [-0.3, -0.25) is 9.36 Å². The Bertz CT molecular complexity index is 1070. The van der Waals surface area contributed by atoms with Crippen molar-refractivity contribution >= 4 is 16.8 Å². The van der Waals surface area contributed by atoms with E-state index < -0.39 is 29.2 Å². The second-order valence-corrected chi connectivity index (χ2v) is 6.89. The van der Waals surface area contributed by atoms with E-state index in [0.717, 1.165) is 10.6 Å². The van der Waals surface area contributed by atoms with Gasteiger partial charge >= 0.3 is 12.4 Å². The van der Waals surface area contributed by atoms with Crippen molar-refractivity contribution in [2.45, 2.75) is 25.2 Å². The summed E-state index contributed by atoms with van der Waals surface area (Å²) in [6.07, 6.45) is -8.59. The molecule has 0 aliphatic heterocycles. The summed E-state index contributed by atoms with van der Waals surface area (Å²) >= 11 is 0. The molecule has 0 atom stereocenters. The third-order valence-corrected chi connectivity index (χ3v) is 5.16. The Morgan fingerprint density at radius 2 is 1.61 bits per heavy atom. The molecule has 2 aromatic carbocycles. The first-order chi connectivity index (χ1) is 13.0. The van der Waals surface area contributed by atoms with E-state index in [-0.39, 0.29) is 29.5 Å². The molecule has 1 saturated carbocycles. The van der Waals surface area contributed by atoms with Gasteiger partial charge in [0.05, 0.1) is 11.1 Å². The van der Waals surface area contributed by atoms with Crippen LogP contribution in [0.15, 0.2) is 54.7 Å². The molecule has 0 amide bonds. The fraction of sp³-hybridized carbons (Fsp3) is 0.250. The molecule has 0 N–H and O–H groups in total. The largest absolute Gasteiger partial charge is 0.417 e. The van der Waals surface area contributed by atoms with Gasteiger partial charge in [0.15, 0.2) is 0 Å². The molecule has 1 aliphatic rings. The van der Waals surface area contributed by atoms with Gasteiger partial charge in [-0.25, -0.2) is 0 Å². The van der Waals surface area contributed by atoms with E-state index in [2.05, 4.69) is 0 Å². The standard InChI is InChI=1S/C20H13F6NO/c21-19(22,23)15-4-2-1-3-14(15)13-6-5-12-7-10-27(16(12)11-13)17(28)18(8-9-18)20(24,25)26/h1-7,10-11H,8-9H2. The van der Waals surface area contributed by atoms with Gasteiger partial charge in [-0.15, -0.1) is 0 Å². The van der Waals surface area contributed by atoms with Crippen molar-refractivity contribution in [3.8, 4) is 11.1 Å². The van der Waals surface area contributed by atoms with Gasteiger partial charge in [0, 0.05) is 11.6 Å². The van der Waals surface area contributed by atoms with Crippen LogP contribution in [0, 0.1) is 5.41 Å². The lowest BCUT2D eigenvalue weighted by atomic mass is 9.98. The molecule has 1 heterocycles. The Kier molecular flexibility index (Phi) is 3.89. The Morgan fingerprint density at radius 1 is 0.929 bits per heavy atom. The zero-order valence-electron chi connectivity index (χ0n) is 14.2. The average molecular weight is 397 g/mol. The van der Waals surface area contributed by atoms with Gasteiger partial charge < -0.3 is 0 Å². The second kappa shape index (κ2) is 5.86. The predicted octanol–water partition coefficient (Wildman–Crippen LogP) is 6.31. The van der Waals surface area contributed by atoms with Crippen molar-refractivity contribution in [1.82, 2.24) is 4.57 Å². The van der Waals surface area contributed by atoms with Crippen LogP contribution in [0.3, 0.4) is 0 Å². The van der Waals surface area contributed by atoms with Crippen LogP contribution in [-0.4, -0.2) is 16.7 Å². The molecular weight excluding hydrogens is 384 g/mol. The van der Waals surface area contributed by atoms with Gasteiger partial charge in [-0.1, -0.05) is 30.3 Å². The van der Waals surface area contributed by atoms with Crippen molar-refractivity contribution in [2.75, 3.05) is 0 Å². The van der Waals surface area contributed by atoms with Crippen molar-refractivity contribution in [3.63, 3.8) is 0 Å². The molecule has 146 valence electrons. The Hall–Kier alpha value is -2.77. The lowest BCUT2D eigenvalue weighted by Gasteiger charge is -2.19. The van der Waals surface area contributed by atoms with E-state index >= 15 is 0 Å². The zero-order chi connectivity index (χ0) is 20.3. The Balaban J connectivity index is 1.84. The minimum atomic E-state index is -4.67. The van der Waals surface area contributed by atoms with Crippen molar-refractivity contribution in [1.29, 1.82) is 0 Å². The molecule has 1 aromatic heterocycles. The summed E-state index contributed by atoms with van der Waals surface area (Å²) in [5.74, 6) is -1.10. The molecular formula is C20H13F6NO. The number of halogens is 6. The molecule has 0 saturated heterocycles. The van der Waals surface area contributed by atoms with Crippen LogP contribution in [0.2, 0.25) is 0 Å². The number of hydrogen-bond acceptors (Lipinski definition) is 1. The quantitative estimate of drug-likeness (QED) is 0.465. The molecule has 0 bridgehead atoms. The highest BCUT2D eigenvalue weighted by Gasteiger charge is 2.68. The number of hydrogen-bond donors (Lipinski definition) is 0. The molecule has 8 heteroatoms. The molecule has 4 rings (SSSR count). The molecule has 1 aliphatic carbocycles. The highest BCUT2D eigenvalue weighted by molar-refractivity contribution is 5.98. The molecule has 28 heavy (non-hydrogen) atoms. The lowest BCUT2D eigenvalue weighted by molar-refractivity contribution is -0.172. The highest BCUT2D eigenvalue weighted by atomic mass is 19.4. The molecule has 0 unspecified atom stereocenters. The maximum Gasteiger partial charge on any atom is 0.417 e. The van der Waals surface area contributed by atoms with Crippen molar-refractivity contribution in [3.05, 3.63) is 60.3 Å². The van der Waals surface area contributed by atoms with Crippen molar-refractivity contribution in [2.24, 2.45) is 5.41 Å². The van der Waals surface area contributed by atoms with E-state index in [1.54, 1.807) is 0 Å². The summed E-state index contributed by atoms with van der Waals surface area (Å²) < 4.78 is 80.7. The number of carbonyl (C=O) groups excluding carboxylic acids is 1. The highest BCUT2D eigenvalue weighted by Crippen LogP contribution is 2.58. The summed E-state index contributed by atoms with van der Waals surface area (Å²) in [7, 11) is 0. The molecule has 0 radical (unpaired) electrons. The van der Waals surface area contributed by atoms with Gasteiger partial charge in [0.25, 0.3) is 0 Å². The fourth-order valence-corrected chi connectivity index (χ4v) is 3.43. The zero-order valence-corrected chi connectivity index (χ0v) is 14.2. The van der Waals surface area contributed by atoms with Gasteiger partial charge in [-0.2, -0.15) is 26.3 Å². The van der Waals surface area contributed by atoms with Gasteiger partial charge in [0.2, 0.25) is 5.91 Å². The van der Waals surface area contributed by atoms with Gasteiger partial charge in [0.1, 0.15) is 5.41 Å². The predicted molar refractivity (Wildman–Crippen MR) is 90.7 cm³/mol. The van der Waals surface area contributed by atoms with E-state index in [9.17, 15) is 31.1 Å². The van der Waals surface area contributed by atoms with E-state index in [1.807, 2.05) is 0 Å². The van der Waals surface area contributed by atoms with E-state index in [1.165, 1.54) is 48.7 Å². The van der Waals surface area contributed by atoms with Crippen LogP contribution in [-0.2, 0) is 6.18 Å². The number of aromatic nitrogens is 1. The maximum absolute atomic E-state index is 13.3. The number of carbonyl (C=O) groups is 1. The summed E-state index contributed by atoms with van der Waals surface area (Å²) in [6.45, 7) is 0. The number of alkyl halides is 6. The first-order valence-corrected chi connectivity index (χ1v) is 8.44. The smallest absolute Gasteiger partial charge is 0.286 e. The molecule has 2 nitrogen and oxygen atoms in total. The third-order valence-electron chi connectivity index (χ3n) is 5.16. The number of rotatable bonds is 2. The monoisotopic (exact) mass is 397 g/mol. The number of nitrogens with zero attached hydrogens (tertiary/aromatic N) is 1. The fourth-order valence-electron chi connectivity index (χ4n) is 3.43. The van der Waals surface area contributed by atoms with Crippen LogP contribution < -0.4 is 0 Å². The van der Waals surface area contributed by atoms with Crippen LogP contribution >= 0.6 is 0 Å². The summed E-state index contributed by atoms with van der Waals surface area (Å²) in [5, 5.41) is 0.472. The van der Waals surface area contributed by atoms with Crippen LogP contribution in [0.5, 0.6) is 0 Å². The number of benzene rings is 2. The maximum atomic E-state index is 13.3. The topological polar surface area (TPSA) is 22.0 Å². The first-order valence-electron chi connectivity index (χ1n) is 8.44. The third kappa shape index (κ3) is 2.78. The van der Waals surface area contributed by atoms with Crippen LogP contribution in [0.1, 0.15) is 23.2 Å². The van der Waals surface area contributed by atoms with Crippen LogP contribution in [0.25, 0.3) is 22.0 Å². The summed E-state index contributed by atoms with van der Waals surface area (Å²) in [4.78, 5) is 12.6. The van der Waals surface area contributed by atoms with Gasteiger partial charge in [-0.05, 0) is 42.2 Å². The second-order valence-electron chi connectivity index (χ2n) is 6.89. The molecule has 1 fully saturated rings. The van der Waals surface area contributed by atoms with E-state index in [4.69, 9.17) is 0 Å². The van der Waals surface area contributed by atoms with E-state index in [0.29, 0.717) is 5.39 Å².